The van der Waals surface area contributed by atoms with Gasteiger partial charge in [-0.05, 0) is 49.2 Å². The molecule has 0 unspecified atom stereocenters. The first-order chi connectivity index (χ1) is 12.0. The Bertz CT molecular complexity index is 889. The lowest BCUT2D eigenvalue weighted by molar-refractivity contribution is -0.131. The van der Waals surface area contributed by atoms with Crippen LogP contribution in [-0.2, 0) is 9.59 Å². The Labute approximate surface area is 145 Å². The summed E-state index contributed by atoms with van der Waals surface area (Å²) in [6.45, 7) is 3.79. The van der Waals surface area contributed by atoms with Crippen LogP contribution in [0.3, 0.4) is 0 Å². The van der Waals surface area contributed by atoms with E-state index in [2.05, 4.69) is 10.3 Å². The second kappa shape index (κ2) is 6.68. The second-order valence-corrected chi connectivity index (χ2v) is 5.90. The monoisotopic (exact) mass is 335 g/mol. The number of nitrogens with zero attached hydrogens (tertiary/aromatic N) is 2. The molecular weight excluding hydrogens is 318 g/mol. The number of hydrogen-bond donors (Lipinski definition) is 1. The van der Waals surface area contributed by atoms with Crippen molar-refractivity contribution in [2.45, 2.75) is 13.8 Å². The van der Waals surface area contributed by atoms with Crippen LogP contribution >= 0.6 is 0 Å². The molecule has 0 aliphatic carbocycles. The Hall–Kier alpha value is -3.28. The van der Waals surface area contributed by atoms with Gasteiger partial charge in [-0.2, -0.15) is 0 Å². The van der Waals surface area contributed by atoms with Crippen LogP contribution in [0.25, 0.3) is 0 Å². The number of carbonyl (C=O) groups excluding carboxylic acids is 3. The topological polar surface area (TPSA) is 78.8 Å². The molecule has 3 rings (SSSR count). The molecule has 1 aliphatic heterocycles. The van der Waals surface area contributed by atoms with Crippen LogP contribution in [0.4, 0.5) is 16.2 Å². The van der Waals surface area contributed by atoms with Crippen LogP contribution in [0.5, 0.6) is 0 Å². The first-order valence-electron chi connectivity index (χ1n) is 7.82. The van der Waals surface area contributed by atoms with Crippen molar-refractivity contribution in [2.75, 3.05) is 4.90 Å². The summed E-state index contributed by atoms with van der Waals surface area (Å²) in [5.74, 6) is -2.44. The molecule has 126 valence electrons. The molecule has 1 saturated heterocycles. The van der Waals surface area contributed by atoms with Crippen LogP contribution in [0.1, 0.15) is 11.1 Å². The minimum absolute atomic E-state index is 0.420. The number of aliphatic imine (C=N–C) groups is 1. The maximum atomic E-state index is 12.7. The van der Waals surface area contributed by atoms with E-state index in [0.29, 0.717) is 11.4 Å². The summed E-state index contributed by atoms with van der Waals surface area (Å²) in [6, 6.07) is 13.6. The lowest BCUT2D eigenvalue weighted by Crippen LogP contribution is -2.58. The maximum absolute atomic E-state index is 12.7. The Balaban J connectivity index is 1.90. The number of barbiturate groups is 1. The third-order valence-corrected chi connectivity index (χ3v) is 3.84. The van der Waals surface area contributed by atoms with Gasteiger partial charge in [0, 0.05) is 6.21 Å². The fourth-order valence-corrected chi connectivity index (χ4v) is 2.60. The molecule has 6 nitrogen and oxygen atoms in total. The minimum Gasteiger partial charge on any atom is -0.276 e. The molecule has 4 amide bonds. The van der Waals surface area contributed by atoms with E-state index in [4.69, 9.17) is 0 Å². The molecule has 2 aromatic carbocycles. The largest absolute Gasteiger partial charge is 0.335 e. The Morgan fingerprint density at radius 2 is 1.68 bits per heavy atom. The van der Waals surface area contributed by atoms with Gasteiger partial charge >= 0.3 is 6.03 Å². The minimum atomic E-state index is -1.15. The van der Waals surface area contributed by atoms with E-state index >= 15 is 0 Å². The Morgan fingerprint density at radius 3 is 2.36 bits per heavy atom. The number of amides is 4. The summed E-state index contributed by atoms with van der Waals surface area (Å²) in [6.07, 6.45) is 1.28. The van der Waals surface area contributed by atoms with Gasteiger partial charge < -0.3 is 0 Å². The highest BCUT2D eigenvalue weighted by molar-refractivity contribution is 6.32. The summed E-state index contributed by atoms with van der Waals surface area (Å²) in [5.41, 5.74) is 2.98. The fraction of sp³-hybridized carbons (Fsp3) is 0.158. The fourth-order valence-electron chi connectivity index (χ4n) is 2.60. The van der Waals surface area contributed by atoms with Crippen molar-refractivity contribution in [1.82, 2.24) is 5.32 Å². The van der Waals surface area contributed by atoms with Crippen LogP contribution in [0, 0.1) is 19.8 Å². The zero-order valence-electron chi connectivity index (χ0n) is 13.9. The zero-order chi connectivity index (χ0) is 18.0. The van der Waals surface area contributed by atoms with Crippen molar-refractivity contribution >= 4 is 35.4 Å². The SMILES string of the molecule is Cc1cccc(N=C[C@@H]2C(=O)NC(=O)N(c3cccc(C)c3)C2=O)c1. The summed E-state index contributed by atoms with van der Waals surface area (Å²) >= 11 is 0. The molecule has 1 aliphatic rings. The van der Waals surface area contributed by atoms with Gasteiger partial charge in [-0.1, -0.05) is 24.3 Å². The predicted molar refractivity (Wildman–Crippen MR) is 95.0 cm³/mol. The van der Waals surface area contributed by atoms with Gasteiger partial charge in [-0.3, -0.25) is 19.9 Å². The predicted octanol–water partition coefficient (Wildman–Crippen LogP) is 2.90. The third kappa shape index (κ3) is 3.47. The van der Waals surface area contributed by atoms with Gasteiger partial charge in [-0.25, -0.2) is 9.69 Å². The number of carbonyl (C=O) groups is 3. The van der Waals surface area contributed by atoms with Crippen molar-refractivity contribution in [2.24, 2.45) is 10.9 Å². The first-order valence-corrected chi connectivity index (χ1v) is 7.82. The quantitative estimate of drug-likeness (QED) is 0.692. The first kappa shape index (κ1) is 16.6. The number of imide groups is 2. The van der Waals surface area contributed by atoms with E-state index in [1.54, 1.807) is 24.3 Å². The van der Waals surface area contributed by atoms with Crippen molar-refractivity contribution in [3.63, 3.8) is 0 Å². The van der Waals surface area contributed by atoms with Crippen LogP contribution in [0.2, 0.25) is 0 Å². The molecule has 2 aromatic rings. The van der Waals surface area contributed by atoms with Crippen molar-refractivity contribution in [3.05, 3.63) is 59.7 Å². The Morgan fingerprint density at radius 1 is 1.00 bits per heavy atom. The smallest absolute Gasteiger partial charge is 0.276 e. The molecule has 0 aromatic heterocycles. The van der Waals surface area contributed by atoms with E-state index in [9.17, 15) is 14.4 Å². The molecule has 0 bridgehead atoms. The molecule has 1 N–H and O–H groups in total. The number of nitrogens with one attached hydrogen (secondary N) is 1. The van der Waals surface area contributed by atoms with Gasteiger partial charge in [0.05, 0.1) is 11.4 Å². The van der Waals surface area contributed by atoms with E-state index in [0.717, 1.165) is 16.0 Å². The standard InChI is InChI=1S/C19H17N3O3/c1-12-5-3-7-14(9-12)20-11-16-17(23)21-19(25)22(18(16)24)15-8-4-6-13(2)10-15/h3-11,16H,1-2H3,(H,21,23,25)/t16-/m1/s1. The molecule has 1 atom stereocenters. The summed E-state index contributed by atoms with van der Waals surface area (Å²) in [5, 5.41) is 2.21. The lowest BCUT2D eigenvalue weighted by atomic mass is 10.1. The Kier molecular flexibility index (Phi) is 4.43. The van der Waals surface area contributed by atoms with Crippen LogP contribution in [-0.4, -0.2) is 24.1 Å². The van der Waals surface area contributed by atoms with Crippen LogP contribution in [0.15, 0.2) is 53.5 Å². The molecule has 0 saturated carbocycles. The summed E-state index contributed by atoms with van der Waals surface area (Å²) < 4.78 is 0. The molecule has 6 heteroatoms. The number of hydrogen-bond acceptors (Lipinski definition) is 4. The number of anilines is 1. The van der Waals surface area contributed by atoms with Gasteiger partial charge in [-0.15, -0.1) is 0 Å². The molecule has 1 heterocycles. The summed E-state index contributed by atoms with van der Waals surface area (Å²) in [4.78, 5) is 42.1. The molecule has 25 heavy (non-hydrogen) atoms. The average Bonchev–Trinajstić information content (AvgIpc) is 2.54. The van der Waals surface area contributed by atoms with E-state index < -0.39 is 23.8 Å². The van der Waals surface area contributed by atoms with Crippen molar-refractivity contribution < 1.29 is 14.4 Å². The highest BCUT2D eigenvalue weighted by Gasteiger charge is 2.40. The maximum Gasteiger partial charge on any atom is 0.335 e. The summed E-state index contributed by atoms with van der Waals surface area (Å²) in [7, 11) is 0. The molecule has 1 fully saturated rings. The normalized spacial score (nSPS) is 17.9. The van der Waals surface area contributed by atoms with Gasteiger partial charge in [0.2, 0.25) is 5.91 Å². The van der Waals surface area contributed by atoms with Crippen LogP contribution < -0.4 is 10.2 Å². The van der Waals surface area contributed by atoms with E-state index in [1.807, 2.05) is 38.1 Å². The third-order valence-electron chi connectivity index (χ3n) is 3.84. The second-order valence-electron chi connectivity index (χ2n) is 5.90. The molecule has 0 spiro atoms. The average molecular weight is 335 g/mol. The number of benzene rings is 2. The van der Waals surface area contributed by atoms with Gasteiger partial charge in [0.25, 0.3) is 5.91 Å². The number of aryl methyl sites for hydroxylation is 2. The highest BCUT2D eigenvalue weighted by Crippen LogP contribution is 2.22. The number of rotatable bonds is 3. The zero-order valence-corrected chi connectivity index (χ0v) is 13.9. The van der Waals surface area contributed by atoms with Gasteiger partial charge in [0.1, 0.15) is 0 Å². The lowest BCUT2D eigenvalue weighted by Gasteiger charge is -2.28. The van der Waals surface area contributed by atoms with Crippen molar-refractivity contribution in [1.29, 1.82) is 0 Å². The van der Waals surface area contributed by atoms with Gasteiger partial charge in [0.15, 0.2) is 5.92 Å². The van der Waals surface area contributed by atoms with Crippen molar-refractivity contribution in [3.8, 4) is 0 Å². The van der Waals surface area contributed by atoms with E-state index in [1.165, 1.54) is 6.21 Å². The highest BCUT2D eigenvalue weighted by atomic mass is 16.2. The molecular formula is C19H17N3O3. The molecule has 0 radical (unpaired) electrons. The number of urea groups is 1. The van der Waals surface area contributed by atoms with E-state index in [-0.39, 0.29) is 0 Å².